The fraction of sp³-hybridized carbons (Fsp3) is 0.421. The molecule has 2 heterocycles. The molecular weight excluding hydrogens is 320 g/mol. The molecule has 5 heteroatoms. The average Bonchev–Trinajstić information content (AvgIpc) is 3.07. The number of nitrogens with one attached hydrogen (secondary N) is 2. The van der Waals surface area contributed by atoms with Crippen molar-refractivity contribution in [2.24, 2.45) is 0 Å². The lowest BCUT2D eigenvalue weighted by atomic mass is 10.0. The Hall–Kier alpha value is -1.85. The summed E-state index contributed by atoms with van der Waals surface area (Å²) < 4.78 is 5.35. The number of para-hydroxylation sites is 1. The predicted molar refractivity (Wildman–Crippen MR) is 96.8 cm³/mol. The van der Waals surface area contributed by atoms with Gasteiger partial charge in [0.15, 0.2) is 6.54 Å². The van der Waals surface area contributed by atoms with Crippen molar-refractivity contribution in [2.45, 2.75) is 25.8 Å². The quantitative estimate of drug-likeness (QED) is 0.835. The third-order valence-electron chi connectivity index (χ3n) is 4.83. The van der Waals surface area contributed by atoms with Gasteiger partial charge in [-0.3, -0.25) is 4.79 Å². The van der Waals surface area contributed by atoms with Crippen LogP contribution in [0.2, 0.25) is 0 Å². The Balaban J connectivity index is 1.48. The molecule has 4 nitrogen and oxygen atoms in total. The summed E-state index contributed by atoms with van der Waals surface area (Å²) in [6.07, 6.45) is 1.87. The summed E-state index contributed by atoms with van der Waals surface area (Å²) in [5.41, 5.74) is 2.55. The van der Waals surface area contributed by atoms with Crippen molar-refractivity contribution in [3.8, 4) is 5.75 Å². The molecule has 0 spiro atoms. The van der Waals surface area contributed by atoms with E-state index < -0.39 is 0 Å². The molecule has 1 aromatic heterocycles. The van der Waals surface area contributed by atoms with Gasteiger partial charge in [0.25, 0.3) is 5.91 Å². The Morgan fingerprint density at radius 2 is 2.21 bits per heavy atom. The summed E-state index contributed by atoms with van der Waals surface area (Å²) in [5.74, 6) is 1.01. The van der Waals surface area contributed by atoms with Gasteiger partial charge < -0.3 is 15.0 Å². The van der Waals surface area contributed by atoms with Crippen LogP contribution in [-0.4, -0.2) is 32.7 Å². The van der Waals surface area contributed by atoms with E-state index in [0.717, 1.165) is 30.7 Å². The number of quaternary nitrogens is 1. The first-order chi connectivity index (χ1) is 11.7. The Morgan fingerprint density at radius 3 is 3.04 bits per heavy atom. The molecule has 24 heavy (non-hydrogen) atoms. The summed E-state index contributed by atoms with van der Waals surface area (Å²) in [6.45, 7) is 4.45. The summed E-state index contributed by atoms with van der Waals surface area (Å²) >= 11 is 1.84. The molecule has 0 radical (unpaired) electrons. The fourth-order valence-corrected chi connectivity index (χ4v) is 4.39. The number of amides is 1. The first-order valence-electron chi connectivity index (χ1n) is 8.48. The number of thiophene rings is 1. The molecule has 2 N–H and O–H groups in total. The minimum absolute atomic E-state index is 0.130. The number of benzene rings is 1. The van der Waals surface area contributed by atoms with Crippen LogP contribution >= 0.6 is 11.3 Å². The third kappa shape index (κ3) is 3.79. The van der Waals surface area contributed by atoms with Gasteiger partial charge in [0.1, 0.15) is 11.8 Å². The standard InChI is InChI=1S/C19H24N2O2S/c1-14-16-9-12-24-18(16)8-11-21(14)13-19(22)20-10-7-15-5-3-4-6-17(15)23-2/h3-6,9,12,14H,7-8,10-11,13H2,1-2H3,(H,20,22)/p+1/t14-/m1/s1. The Morgan fingerprint density at radius 1 is 1.38 bits per heavy atom. The first kappa shape index (κ1) is 17.0. The van der Waals surface area contributed by atoms with E-state index in [-0.39, 0.29) is 5.91 Å². The van der Waals surface area contributed by atoms with Crippen LogP contribution in [0.5, 0.6) is 5.75 Å². The maximum absolute atomic E-state index is 12.3. The van der Waals surface area contributed by atoms with Crippen LogP contribution in [0.15, 0.2) is 35.7 Å². The second-order valence-corrected chi connectivity index (χ2v) is 7.27. The fourth-order valence-electron chi connectivity index (χ4n) is 3.41. The smallest absolute Gasteiger partial charge is 0.275 e. The molecule has 3 rings (SSSR count). The molecule has 0 aliphatic carbocycles. The van der Waals surface area contributed by atoms with Gasteiger partial charge in [0, 0.05) is 23.4 Å². The van der Waals surface area contributed by atoms with Crippen molar-refractivity contribution in [2.75, 3.05) is 26.7 Å². The zero-order valence-electron chi connectivity index (χ0n) is 14.3. The molecule has 1 aliphatic heterocycles. The van der Waals surface area contributed by atoms with Gasteiger partial charge in [-0.1, -0.05) is 18.2 Å². The Kier molecular flexibility index (Phi) is 5.53. The van der Waals surface area contributed by atoms with Crippen molar-refractivity contribution in [3.63, 3.8) is 0 Å². The van der Waals surface area contributed by atoms with E-state index in [0.29, 0.717) is 19.1 Å². The van der Waals surface area contributed by atoms with Crippen LogP contribution in [0.1, 0.15) is 29.0 Å². The van der Waals surface area contributed by atoms with Gasteiger partial charge in [-0.05, 0) is 36.4 Å². The van der Waals surface area contributed by atoms with Gasteiger partial charge >= 0.3 is 0 Å². The van der Waals surface area contributed by atoms with Gasteiger partial charge in [-0.2, -0.15) is 0 Å². The maximum atomic E-state index is 12.3. The summed E-state index contributed by atoms with van der Waals surface area (Å²) in [5, 5.41) is 5.22. The highest BCUT2D eigenvalue weighted by Crippen LogP contribution is 2.24. The van der Waals surface area contributed by atoms with Gasteiger partial charge in [0.05, 0.1) is 13.7 Å². The molecule has 2 atom stereocenters. The van der Waals surface area contributed by atoms with Gasteiger partial charge in [-0.15, -0.1) is 11.3 Å². The Labute approximate surface area is 147 Å². The molecular formula is C19H25N2O2S+. The van der Waals surface area contributed by atoms with Crippen molar-refractivity contribution in [3.05, 3.63) is 51.7 Å². The van der Waals surface area contributed by atoms with Crippen molar-refractivity contribution < 1.29 is 14.4 Å². The van der Waals surface area contributed by atoms with E-state index in [9.17, 15) is 4.79 Å². The number of carbonyl (C=O) groups excluding carboxylic acids is 1. The predicted octanol–water partition coefficient (Wildman–Crippen LogP) is 1.62. The molecule has 0 saturated carbocycles. The van der Waals surface area contributed by atoms with Crippen LogP contribution in [0.3, 0.4) is 0 Å². The SMILES string of the molecule is COc1ccccc1CCNC(=O)C[NH+]1CCc2sccc2[C@H]1C. The minimum Gasteiger partial charge on any atom is -0.496 e. The zero-order chi connectivity index (χ0) is 16.9. The molecule has 1 aliphatic rings. The highest BCUT2D eigenvalue weighted by atomic mass is 32.1. The third-order valence-corrected chi connectivity index (χ3v) is 5.83. The van der Waals surface area contributed by atoms with E-state index >= 15 is 0 Å². The zero-order valence-corrected chi connectivity index (χ0v) is 15.1. The summed E-state index contributed by atoms with van der Waals surface area (Å²) in [6, 6.07) is 10.6. The molecule has 0 bridgehead atoms. The molecule has 0 saturated heterocycles. The lowest BCUT2D eigenvalue weighted by Crippen LogP contribution is -3.14. The molecule has 1 aromatic carbocycles. The minimum atomic E-state index is 0.130. The van der Waals surface area contributed by atoms with Gasteiger partial charge in [-0.25, -0.2) is 0 Å². The summed E-state index contributed by atoms with van der Waals surface area (Å²) in [7, 11) is 1.68. The van der Waals surface area contributed by atoms with Crippen LogP contribution in [0.4, 0.5) is 0 Å². The Bertz CT molecular complexity index is 698. The second kappa shape index (κ2) is 7.81. The van der Waals surface area contributed by atoms with Crippen LogP contribution < -0.4 is 15.0 Å². The molecule has 128 valence electrons. The molecule has 1 unspecified atom stereocenters. The van der Waals surface area contributed by atoms with Crippen molar-refractivity contribution >= 4 is 17.2 Å². The number of hydrogen-bond acceptors (Lipinski definition) is 3. The maximum Gasteiger partial charge on any atom is 0.275 e. The van der Waals surface area contributed by atoms with Crippen LogP contribution in [-0.2, 0) is 17.6 Å². The average molecular weight is 345 g/mol. The van der Waals surface area contributed by atoms with E-state index in [1.807, 2.05) is 35.6 Å². The van der Waals surface area contributed by atoms with Gasteiger partial charge in [0.2, 0.25) is 0 Å². The van der Waals surface area contributed by atoms with Crippen LogP contribution in [0.25, 0.3) is 0 Å². The molecule has 2 aromatic rings. The number of fused-ring (bicyclic) bond motifs is 1. The highest BCUT2D eigenvalue weighted by Gasteiger charge is 2.29. The van der Waals surface area contributed by atoms with Crippen molar-refractivity contribution in [1.29, 1.82) is 0 Å². The second-order valence-electron chi connectivity index (χ2n) is 6.27. The topological polar surface area (TPSA) is 42.8 Å². The van der Waals surface area contributed by atoms with E-state index in [2.05, 4.69) is 23.7 Å². The van der Waals surface area contributed by atoms with Crippen LogP contribution in [0, 0.1) is 0 Å². The molecule has 0 fully saturated rings. The largest absolute Gasteiger partial charge is 0.496 e. The number of ether oxygens (including phenoxy) is 1. The highest BCUT2D eigenvalue weighted by molar-refractivity contribution is 7.10. The molecule has 1 amide bonds. The summed E-state index contributed by atoms with van der Waals surface area (Å²) in [4.78, 5) is 15.1. The number of hydrogen-bond donors (Lipinski definition) is 2. The van der Waals surface area contributed by atoms with E-state index in [1.54, 1.807) is 7.11 Å². The van der Waals surface area contributed by atoms with Crippen molar-refractivity contribution in [1.82, 2.24) is 5.32 Å². The van der Waals surface area contributed by atoms with E-state index in [1.165, 1.54) is 15.3 Å². The van der Waals surface area contributed by atoms with E-state index in [4.69, 9.17) is 4.74 Å². The number of methoxy groups -OCH3 is 1. The lowest BCUT2D eigenvalue weighted by Gasteiger charge is -2.29. The number of rotatable bonds is 6. The lowest BCUT2D eigenvalue weighted by molar-refractivity contribution is -0.924. The normalized spacial score (nSPS) is 19.6. The first-order valence-corrected chi connectivity index (χ1v) is 9.36. The number of carbonyl (C=O) groups is 1. The monoisotopic (exact) mass is 345 g/mol.